The summed E-state index contributed by atoms with van der Waals surface area (Å²) in [5.74, 6) is 0. The molecule has 37 heavy (non-hydrogen) atoms. The van der Waals surface area contributed by atoms with E-state index in [0.717, 1.165) is 30.0 Å². The van der Waals surface area contributed by atoms with Gasteiger partial charge in [-0.1, -0.05) is 47.5 Å². The third-order valence-corrected chi connectivity index (χ3v) is 6.70. The lowest BCUT2D eigenvalue weighted by molar-refractivity contribution is -0.0871. The number of rotatable bonds is 6. The van der Waals surface area contributed by atoms with E-state index in [1.54, 1.807) is 19.1 Å². The van der Waals surface area contributed by atoms with Gasteiger partial charge in [-0.05, 0) is 69.0 Å². The highest BCUT2D eigenvalue weighted by atomic mass is 35.5. The summed E-state index contributed by atoms with van der Waals surface area (Å²) in [6, 6.07) is 16.1. The summed E-state index contributed by atoms with van der Waals surface area (Å²) in [4.78, 5) is 13.9. The summed E-state index contributed by atoms with van der Waals surface area (Å²) in [7, 11) is 3.44. The third kappa shape index (κ3) is 10.1. The van der Waals surface area contributed by atoms with Gasteiger partial charge in [0, 0.05) is 36.9 Å². The lowest BCUT2D eigenvalue weighted by Gasteiger charge is -2.47. The van der Waals surface area contributed by atoms with Crippen molar-refractivity contribution in [3.05, 3.63) is 69.7 Å². The highest BCUT2D eigenvalue weighted by molar-refractivity contribution is 6.30. The number of ether oxygens (including phenoxy) is 3. The van der Waals surface area contributed by atoms with Crippen molar-refractivity contribution in [3.8, 4) is 0 Å². The standard InChI is InChI=1S/C16H22ClNO3.C11H14ClNO.2ClH/c1-16(2,3)21-15(19)18-10-14(20-4)13(18)9-11-5-7-12(17)8-6-11;1-14-11-7-13-10(11)6-8-2-4-9(12)5-3-8;;/h5-8,13-14H,9-10H2,1-4H3;2-5,10-11,13H,6-7H2,1H3;2*1H. The van der Waals surface area contributed by atoms with Gasteiger partial charge in [0.2, 0.25) is 0 Å². The van der Waals surface area contributed by atoms with Gasteiger partial charge in [-0.2, -0.15) is 0 Å². The van der Waals surface area contributed by atoms with Gasteiger partial charge in [-0.3, -0.25) is 4.90 Å². The fourth-order valence-corrected chi connectivity index (χ4v) is 4.34. The van der Waals surface area contributed by atoms with Gasteiger partial charge in [-0.25, -0.2) is 4.79 Å². The molecule has 4 rings (SSSR count). The highest BCUT2D eigenvalue weighted by Gasteiger charge is 2.43. The van der Waals surface area contributed by atoms with Crippen molar-refractivity contribution in [3.63, 3.8) is 0 Å². The van der Waals surface area contributed by atoms with Crippen LogP contribution < -0.4 is 5.32 Å². The van der Waals surface area contributed by atoms with Crippen molar-refractivity contribution in [1.29, 1.82) is 0 Å². The van der Waals surface area contributed by atoms with Crippen LogP contribution in [0.15, 0.2) is 48.5 Å². The Balaban J connectivity index is 0.000000375. The molecular weight excluding hydrogens is 558 g/mol. The van der Waals surface area contributed by atoms with Crippen molar-refractivity contribution in [2.45, 2.75) is 63.5 Å². The number of benzene rings is 2. The Morgan fingerprint density at radius 3 is 1.78 bits per heavy atom. The van der Waals surface area contributed by atoms with Crippen LogP contribution >= 0.6 is 48.0 Å². The average molecular weight is 596 g/mol. The Bertz CT molecular complexity index is 952. The molecule has 0 spiro atoms. The second-order valence-electron chi connectivity index (χ2n) is 9.92. The normalized spacial score (nSPS) is 22.2. The maximum Gasteiger partial charge on any atom is 0.410 e. The zero-order valence-corrected chi connectivity index (χ0v) is 25.1. The number of amides is 1. The molecule has 1 amide bonds. The van der Waals surface area contributed by atoms with Crippen LogP contribution in [-0.2, 0) is 27.1 Å². The Hall–Kier alpha value is -1.25. The lowest BCUT2D eigenvalue weighted by atomic mass is 9.92. The molecular formula is C27H38Cl4N2O4. The van der Waals surface area contributed by atoms with E-state index in [-0.39, 0.29) is 43.1 Å². The fourth-order valence-electron chi connectivity index (χ4n) is 4.09. The van der Waals surface area contributed by atoms with Crippen molar-refractivity contribution in [1.82, 2.24) is 10.2 Å². The Kier molecular flexibility index (Phi) is 14.0. The van der Waals surface area contributed by atoms with E-state index in [9.17, 15) is 4.79 Å². The minimum atomic E-state index is -0.486. The number of nitrogens with zero attached hydrogens (tertiary/aromatic N) is 1. The number of hydrogen-bond acceptors (Lipinski definition) is 5. The first kappa shape index (κ1) is 33.8. The molecule has 2 aromatic carbocycles. The molecule has 0 bridgehead atoms. The van der Waals surface area contributed by atoms with Crippen molar-refractivity contribution in [2.75, 3.05) is 27.3 Å². The van der Waals surface area contributed by atoms with Crippen LogP contribution in [0.25, 0.3) is 0 Å². The Labute approximate surface area is 243 Å². The zero-order chi connectivity index (χ0) is 25.6. The van der Waals surface area contributed by atoms with Crippen LogP contribution in [0.1, 0.15) is 31.9 Å². The molecule has 0 radical (unpaired) electrons. The number of methoxy groups -OCH3 is 2. The van der Waals surface area contributed by atoms with Gasteiger partial charge in [0.05, 0.1) is 24.8 Å². The summed E-state index contributed by atoms with van der Waals surface area (Å²) in [5.41, 5.74) is 1.94. The first-order valence-electron chi connectivity index (χ1n) is 11.9. The SMILES string of the molecule is COC1CN(C(=O)OC(C)(C)C)C1Cc1ccc(Cl)cc1.COC1CNC1Cc1ccc(Cl)cc1.Cl.Cl. The fraction of sp³-hybridized carbons (Fsp3) is 0.519. The molecule has 6 nitrogen and oxygen atoms in total. The molecule has 2 saturated heterocycles. The summed E-state index contributed by atoms with van der Waals surface area (Å²) in [5, 5.41) is 4.85. The molecule has 2 aromatic rings. The molecule has 2 fully saturated rings. The largest absolute Gasteiger partial charge is 0.444 e. The summed E-state index contributed by atoms with van der Waals surface area (Å²) < 4.78 is 16.2. The van der Waals surface area contributed by atoms with Gasteiger partial charge >= 0.3 is 6.09 Å². The molecule has 0 aliphatic carbocycles. The van der Waals surface area contributed by atoms with E-state index in [0.29, 0.717) is 23.7 Å². The average Bonchev–Trinajstić information content (AvgIpc) is 2.76. The number of hydrogen-bond donors (Lipinski definition) is 1. The van der Waals surface area contributed by atoms with Gasteiger partial charge in [0.15, 0.2) is 0 Å². The summed E-state index contributed by atoms with van der Waals surface area (Å²) >= 11 is 11.7. The molecule has 2 heterocycles. The van der Waals surface area contributed by atoms with E-state index < -0.39 is 5.60 Å². The van der Waals surface area contributed by atoms with E-state index in [4.69, 9.17) is 37.4 Å². The molecule has 2 aliphatic heterocycles. The van der Waals surface area contributed by atoms with Crippen molar-refractivity contribution < 1.29 is 19.0 Å². The van der Waals surface area contributed by atoms with Crippen molar-refractivity contribution >= 4 is 54.1 Å². The number of nitrogens with one attached hydrogen (secondary N) is 1. The monoisotopic (exact) mass is 594 g/mol. The van der Waals surface area contributed by atoms with Gasteiger partial charge < -0.3 is 19.5 Å². The second-order valence-corrected chi connectivity index (χ2v) is 10.8. The molecule has 0 saturated carbocycles. The molecule has 10 heteroatoms. The van der Waals surface area contributed by atoms with E-state index in [1.807, 2.05) is 57.2 Å². The minimum absolute atomic E-state index is 0. The number of carbonyl (C=O) groups excluding carboxylic acids is 1. The molecule has 1 N–H and O–H groups in total. The van der Waals surface area contributed by atoms with Crippen LogP contribution in [0.3, 0.4) is 0 Å². The van der Waals surface area contributed by atoms with E-state index in [1.165, 1.54) is 5.56 Å². The number of likely N-dealkylation sites (tertiary alicyclic amines) is 1. The van der Waals surface area contributed by atoms with Crippen LogP contribution in [0, 0.1) is 0 Å². The molecule has 208 valence electrons. The maximum atomic E-state index is 12.2. The summed E-state index contributed by atoms with van der Waals surface area (Å²) in [6.07, 6.45) is 1.87. The van der Waals surface area contributed by atoms with Crippen LogP contribution in [0.5, 0.6) is 0 Å². The maximum absolute atomic E-state index is 12.2. The number of carbonyl (C=O) groups is 1. The van der Waals surface area contributed by atoms with Gasteiger partial charge in [-0.15, -0.1) is 24.8 Å². The van der Waals surface area contributed by atoms with Crippen molar-refractivity contribution in [2.24, 2.45) is 0 Å². The smallest absolute Gasteiger partial charge is 0.410 e. The Morgan fingerprint density at radius 2 is 1.38 bits per heavy atom. The second kappa shape index (κ2) is 15.4. The van der Waals surface area contributed by atoms with E-state index in [2.05, 4.69) is 17.4 Å². The third-order valence-electron chi connectivity index (χ3n) is 6.20. The van der Waals surface area contributed by atoms with Crippen LogP contribution in [0.4, 0.5) is 4.79 Å². The van der Waals surface area contributed by atoms with Gasteiger partial charge in [0.1, 0.15) is 5.60 Å². The predicted octanol–water partition coefficient (Wildman–Crippen LogP) is 6.23. The number of halogens is 4. The molecule has 4 atom stereocenters. The van der Waals surface area contributed by atoms with Crippen LogP contribution in [0.2, 0.25) is 10.0 Å². The zero-order valence-electron chi connectivity index (χ0n) is 21.9. The quantitative estimate of drug-likeness (QED) is 0.429. The predicted molar refractivity (Wildman–Crippen MR) is 155 cm³/mol. The minimum Gasteiger partial charge on any atom is -0.444 e. The summed E-state index contributed by atoms with van der Waals surface area (Å²) in [6.45, 7) is 7.14. The molecule has 4 unspecified atom stereocenters. The highest BCUT2D eigenvalue weighted by Crippen LogP contribution is 2.27. The van der Waals surface area contributed by atoms with Crippen LogP contribution in [-0.4, -0.2) is 68.2 Å². The Morgan fingerprint density at radius 1 is 0.892 bits per heavy atom. The van der Waals surface area contributed by atoms with Gasteiger partial charge in [0.25, 0.3) is 0 Å². The lowest BCUT2D eigenvalue weighted by Crippen LogP contribution is -2.64. The van der Waals surface area contributed by atoms with E-state index >= 15 is 0 Å². The molecule has 2 aliphatic rings. The topological polar surface area (TPSA) is 60.0 Å². The molecule has 0 aromatic heterocycles. The first-order chi connectivity index (χ1) is 16.6. The first-order valence-corrected chi connectivity index (χ1v) is 12.6.